The van der Waals surface area contributed by atoms with E-state index in [4.69, 9.17) is 0 Å². The van der Waals surface area contributed by atoms with Crippen molar-refractivity contribution >= 4 is 10.9 Å². The molecule has 1 heterocycles. The minimum absolute atomic E-state index is 0.166. The van der Waals surface area contributed by atoms with Crippen LogP contribution < -0.4 is 0 Å². The highest BCUT2D eigenvalue weighted by Gasteiger charge is 2.31. The van der Waals surface area contributed by atoms with Crippen LogP contribution in [0.25, 0.3) is 10.9 Å². The van der Waals surface area contributed by atoms with E-state index in [2.05, 4.69) is 37.9 Å². The van der Waals surface area contributed by atoms with E-state index in [-0.39, 0.29) is 11.2 Å². The van der Waals surface area contributed by atoms with E-state index < -0.39 is 0 Å². The molecule has 19 heavy (non-hydrogen) atoms. The molecule has 0 radical (unpaired) electrons. The van der Waals surface area contributed by atoms with Crippen LogP contribution in [0.15, 0.2) is 53.6 Å². The number of nitrogens with zero attached hydrogens (tertiary/aromatic N) is 1. The Balaban J connectivity index is 2.23. The first kappa shape index (κ1) is 12.0. The van der Waals surface area contributed by atoms with Gasteiger partial charge in [-0.15, -0.1) is 0 Å². The van der Waals surface area contributed by atoms with Crippen LogP contribution in [0.1, 0.15) is 26.5 Å². The maximum absolute atomic E-state index is 9.95. The number of pyridine rings is 1. The predicted molar refractivity (Wildman–Crippen MR) is 78.3 cm³/mol. The smallest absolute Gasteiger partial charge is 0.141 e. The number of fused-ring (bicyclic) bond motifs is 1. The maximum Gasteiger partial charge on any atom is 0.141 e. The second-order valence-electron chi connectivity index (χ2n) is 5.46. The summed E-state index contributed by atoms with van der Waals surface area (Å²) < 4.78 is 0. The standard InChI is InChI=1S/C17H17NO/c1-11-9-12(2)17(3,10-11)15-8-7-13-5-4-6-14(19)16(13)18-15/h4-10,19H,1-3H3. The van der Waals surface area contributed by atoms with Crippen LogP contribution in [0.5, 0.6) is 5.75 Å². The van der Waals surface area contributed by atoms with Gasteiger partial charge in [-0.2, -0.15) is 0 Å². The van der Waals surface area contributed by atoms with Gasteiger partial charge in [0.25, 0.3) is 0 Å². The van der Waals surface area contributed by atoms with E-state index >= 15 is 0 Å². The molecule has 1 unspecified atom stereocenters. The lowest BCUT2D eigenvalue weighted by Gasteiger charge is -2.24. The summed E-state index contributed by atoms with van der Waals surface area (Å²) in [7, 11) is 0. The van der Waals surface area contributed by atoms with Crippen LogP contribution in [0.2, 0.25) is 0 Å². The number of hydrogen-bond donors (Lipinski definition) is 1. The molecule has 1 aromatic carbocycles. The lowest BCUT2D eigenvalue weighted by Crippen LogP contribution is -2.20. The van der Waals surface area contributed by atoms with Gasteiger partial charge in [0.2, 0.25) is 0 Å². The van der Waals surface area contributed by atoms with Crippen molar-refractivity contribution in [1.82, 2.24) is 4.98 Å². The van der Waals surface area contributed by atoms with Crippen LogP contribution in [0.4, 0.5) is 0 Å². The fourth-order valence-electron chi connectivity index (χ4n) is 2.80. The Morgan fingerprint density at radius 1 is 1.11 bits per heavy atom. The monoisotopic (exact) mass is 251 g/mol. The SMILES string of the molecule is CC1=CC(C)(c2ccc3cccc(O)c3n2)C(C)=C1. The van der Waals surface area contributed by atoms with Gasteiger partial charge in [-0.3, -0.25) is 0 Å². The summed E-state index contributed by atoms with van der Waals surface area (Å²) in [5.74, 6) is 0.239. The third kappa shape index (κ3) is 1.75. The second kappa shape index (κ2) is 3.95. The van der Waals surface area contributed by atoms with Crippen molar-refractivity contribution in [2.24, 2.45) is 0 Å². The first-order chi connectivity index (χ1) is 9.00. The number of phenols is 1. The Bertz CT molecular complexity index is 727. The molecule has 2 nitrogen and oxygen atoms in total. The third-order valence-electron chi connectivity index (χ3n) is 4.01. The molecule has 0 saturated heterocycles. The van der Waals surface area contributed by atoms with Gasteiger partial charge in [0, 0.05) is 10.8 Å². The molecular weight excluding hydrogens is 234 g/mol. The molecule has 1 atom stereocenters. The Labute approximate surface area is 113 Å². The topological polar surface area (TPSA) is 33.1 Å². The summed E-state index contributed by atoms with van der Waals surface area (Å²) >= 11 is 0. The van der Waals surface area contributed by atoms with Gasteiger partial charge in [-0.05, 0) is 32.9 Å². The largest absolute Gasteiger partial charge is 0.506 e. The lowest BCUT2D eigenvalue weighted by atomic mass is 9.82. The number of allylic oxidation sites excluding steroid dienone is 4. The normalized spacial score (nSPS) is 22.5. The van der Waals surface area contributed by atoms with E-state index in [1.54, 1.807) is 6.07 Å². The summed E-state index contributed by atoms with van der Waals surface area (Å²) in [4.78, 5) is 4.68. The number of aromatic nitrogens is 1. The lowest BCUT2D eigenvalue weighted by molar-refractivity contribution is 0.480. The molecule has 1 N–H and O–H groups in total. The summed E-state index contributed by atoms with van der Waals surface area (Å²) in [5.41, 5.74) is 4.03. The minimum Gasteiger partial charge on any atom is -0.506 e. The molecule has 3 rings (SSSR count). The fourth-order valence-corrected chi connectivity index (χ4v) is 2.80. The molecule has 0 saturated carbocycles. The molecule has 0 fully saturated rings. The maximum atomic E-state index is 9.95. The van der Waals surface area contributed by atoms with Crippen molar-refractivity contribution < 1.29 is 5.11 Å². The molecule has 96 valence electrons. The average Bonchev–Trinajstić information content (AvgIpc) is 2.64. The van der Waals surface area contributed by atoms with Crippen molar-refractivity contribution in [3.8, 4) is 5.75 Å². The van der Waals surface area contributed by atoms with Crippen molar-refractivity contribution in [2.75, 3.05) is 0 Å². The molecular formula is C17H17NO. The van der Waals surface area contributed by atoms with E-state index in [1.807, 2.05) is 24.3 Å². The number of aromatic hydroxyl groups is 1. The molecule has 2 aromatic rings. The molecule has 0 spiro atoms. The van der Waals surface area contributed by atoms with Crippen molar-refractivity contribution in [1.29, 1.82) is 0 Å². The molecule has 0 aliphatic heterocycles. The number of hydrogen-bond acceptors (Lipinski definition) is 2. The second-order valence-corrected chi connectivity index (χ2v) is 5.46. The number of phenolic OH excluding ortho intramolecular Hbond substituents is 1. The van der Waals surface area contributed by atoms with Crippen LogP contribution in [0.3, 0.4) is 0 Å². The molecule has 1 aromatic heterocycles. The summed E-state index contributed by atoms with van der Waals surface area (Å²) in [6.07, 6.45) is 4.42. The van der Waals surface area contributed by atoms with Gasteiger partial charge >= 0.3 is 0 Å². The Morgan fingerprint density at radius 3 is 2.58 bits per heavy atom. The van der Waals surface area contributed by atoms with Crippen molar-refractivity contribution in [3.63, 3.8) is 0 Å². The number of benzene rings is 1. The molecule has 2 heteroatoms. The van der Waals surface area contributed by atoms with Crippen LogP contribution in [0, 0.1) is 0 Å². The predicted octanol–water partition coefficient (Wildman–Crippen LogP) is 4.10. The third-order valence-corrected chi connectivity index (χ3v) is 4.01. The first-order valence-corrected chi connectivity index (χ1v) is 6.48. The van der Waals surface area contributed by atoms with Gasteiger partial charge in [0.1, 0.15) is 11.3 Å². The number of para-hydroxylation sites is 1. The van der Waals surface area contributed by atoms with Crippen LogP contribution in [-0.4, -0.2) is 10.1 Å². The highest BCUT2D eigenvalue weighted by molar-refractivity contribution is 5.84. The van der Waals surface area contributed by atoms with E-state index in [0.717, 1.165) is 11.1 Å². The Morgan fingerprint density at radius 2 is 1.89 bits per heavy atom. The van der Waals surface area contributed by atoms with Gasteiger partial charge in [-0.25, -0.2) is 4.98 Å². The zero-order valence-corrected chi connectivity index (χ0v) is 11.4. The Kier molecular flexibility index (Phi) is 2.49. The fraction of sp³-hybridized carbons (Fsp3) is 0.235. The van der Waals surface area contributed by atoms with E-state index in [9.17, 15) is 5.11 Å². The van der Waals surface area contributed by atoms with Crippen LogP contribution in [-0.2, 0) is 5.41 Å². The van der Waals surface area contributed by atoms with E-state index in [0.29, 0.717) is 5.52 Å². The van der Waals surface area contributed by atoms with Crippen molar-refractivity contribution in [2.45, 2.75) is 26.2 Å². The van der Waals surface area contributed by atoms with Crippen molar-refractivity contribution in [3.05, 3.63) is 59.3 Å². The van der Waals surface area contributed by atoms with E-state index in [1.165, 1.54) is 11.1 Å². The van der Waals surface area contributed by atoms with Gasteiger partial charge in [0.05, 0.1) is 5.69 Å². The average molecular weight is 251 g/mol. The highest BCUT2D eigenvalue weighted by Crippen LogP contribution is 2.39. The molecule has 1 aliphatic rings. The highest BCUT2D eigenvalue weighted by atomic mass is 16.3. The quantitative estimate of drug-likeness (QED) is 0.827. The zero-order valence-electron chi connectivity index (χ0n) is 11.4. The number of rotatable bonds is 1. The summed E-state index contributed by atoms with van der Waals surface area (Å²) in [6.45, 7) is 6.40. The first-order valence-electron chi connectivity index (χ1n) is 6.48. The molecule has 0 bridgehead atoms. The van der Waals surface area contributed by atoms with Gasteiger partial charge in [-0.1, -0.05) is 41.5 Å². The van der Waals surface area contributed by atoms with Gasteiger partial charge < -0.3 is 5.11 Å². The minimum atomic E-state index is -0.166. The summed E-state index contributed by atoms with van der Waals surface area (Å²) in [5, 5.41) is 10.9. The van der Waals surface area contributed by atoms with Crippen LogP contribution >= 0.6 is 0 Å². The molecule has 1 aliphatic carbocycles. The summed E-state index contributed by atoms with van der Waals surface area (Å²) in [6, 6.07) is 9.56. The zero-order chi connectivity index (χ0) is 13.6. The molecule has 0 amide bonds. The Hall–Kier alpha value is -2.09. The van der Waals surface area contributed by atoms with Gasteiger partial charge in [0.15, 0.2) is 0 Å².